The Hall–Kier alpha value is -3.80. The van der Waals surface area contributed by atoms with Crippen LogP contribution in [-0.4, -0.2) is 20.5 Å². The smallest absolute Gasteiger partial charge is 0.267 e. The second-order valence-electron chi connectivity index (χ2n) is 9.48. The lowest BCUT2D eigenvalue weighted by Gasteiger charge is -2.13. The number of aromatic nitrogens is 1. The van der Waals surface area contributed by atoms with Crippen molar-refractivity contribution in [3.8, 4) is 11.1 Å². The maximum Gasteiger partial charge on any atom is 0.267 e. The van der Waals surface area contributed by atoms with Crippen LogP contribution in [0.5, 0.6) is 0 Å². The van der Waals surface area contributed by atoms with Gasteiger partial charge in [-0.3, -0.25) is 9.69 Å². The van der Waals surface area contributed by atoms with E-state index < -0.39 is 0 Å². The Balaban J connectivity index is 1.39. The number of furan rings is 1. The molecule has 3 aromatic heterocycles. The van der Waals surface area contributed by atoms with Crippen LogP contribution in [0.25, 0.3) is 11.1 Å². The van der Waals surface area contributed by atoms with Crippen molar-refractivity contribution >= 4 is 45.9 Å². The third-order valence-electron chi connectivity index (χ3n) is 6.99. The van der Waals surface area contributed by atoms with Crippen LogP contribution in [0.1, 0.15) is 51.6 Å². The maximum absolute atomic E-state index is 13.6. The Kier molecular flexibility index (Phi) is 6.56. The first kappa shape index (κ1) is 24.5. The van der Waals surface area contributed by atoms with Gasteiger partial charge in [0.05, 0.1) is 29.0 Å². The lowest BCUT2D eigenvalue weighted by Crippen LogP contribution is -2.28. The van der Waals surface area contributed by atoms with Gasteiger partial charge in [0.25, 0.3) is 5.91 Å². The number of amidine groups is 1. The second-order valence-corrected chi connectivity index (χ2v) is 11.6. The summed E-state index contributed by atoms with van der Waals surface area (Å²) in [7, 11) is 0. The number of nitrogens with zero attached hydrogens (tertiary/aromatic N) is 4. The molecule has 0 saturated carbocycles. The number of carbonyl (C=O) groups is 1. The Morgan fingerprint density at radius 3 is 2.71 bits per heavy atom. The largest absolute Gasteiger partial charge is 0.467 e. The van der Waals surface area contributed by atoms with Crippen molar-refractivity contribution in [2.45, 2.75) is 46.1 Å². The molecular formula is C30H26N4O2S2. The van der Waals surface area contributed by atoms with E-state index in [0.29, 0.717) is 22.4 Å². The molecule has 1 aromatic carbocycles. The average molecular weight is 539 g/mol. The standard InChI is InChI=1S/C30H26N4O2S2/c1-19-15-21(20(2)34(19)29-25(17-31)24-12-6-7-13-26(24)37-29)16-27-28(35)33(18-23-11-8-14-36-23)30(38-27)32-22-9-4-3-5-10-22/h3-5,8-11,14-16H,6-7,12-13,18H2,1-2H3/b27-16-,32-30?. The molecular weight excluding hydrogens is 512 g/mol. The van der Waals surface area contributed by atoms with Gasteiger partial charge in [0, 0.05) is 16.3 Å². The highest BCUT2D eigenvalue weighted by Gasteiger charge is 2.34. The van der Waals surface area contributed by atoms with E-state index in [-0.39, 0.29) is 5.91 Å². The molecule has 4 heterocycles. The summed E-state index contributed by atoms with van der Waals surface area (Å²) in [5.74, 6) is 0.597. The molecule has 1 aliphatic carbocycles. The van der Waals surface area contributed by atoms with Gasteiger partial charge in [-0.25, -0.2) is 4.99 Å². The molecule has 8 heteroatoms. The predicted octanol–water partition coefficient (Wildman–Crippen LogP) is 7.30. The molecule has 0 atom stereocenters. The number of nitriles is 1. The zero-order valence-electron chi connectivity index (χ0n) is 21.2. The summed E-state index contributed by atoms with van der Waals surface area (Å²) in [6.45, 7) is 4.43. The normalized spacial score (nSPS) is 17.4. The molecule has 0 spiro atoms. The van der Waals surface area contributed by atoms with Crippen LogP contribution < -0.4 is 0 Å². The van der Waals surface area contributed by atoms with Crippen LogP contribution in [0.2, 0.25) is 0 Å². The molecule has 6 nitrogen and oxygen atoms in total. The predicted molar refractivity (Wildman–Crippen MR) is 153 cm³/mol. The number of thiophene rings is 1. The summed E-state index contributed by atoms with van der Waals surface area (Å²) >= 11 is 3.11. The minimum Gasteiger partial charge on any atom is -0.467 e. The molecule has 190 valence electrons. The van der Waals surface area contributed by atoms with Crippen molar-refractivity contribution in [2.75, 3.05) is 0 Å². The first-order valence-electron chi connectivity index (χ1n) is 12.6. The number of fused-ring (bicyclic) bond motifs is 1. The molecule has 0 radical (unpaired) electrons. The van der Waals surface area contributed by atoms with Gasteiger partial charge < -0.3 is 8.98 Å². The molecule has 1 fully saturated rings. The number of benzene rings is 1. The molecule has 1 saturated heterocycles. The minimum absolute atomic E-state index is 0.102. The fourth-order valence-corrected chi connectivity index (χ4v) is 7.55. The minimum atomic E-state index is -0.102. The number of aliphatic imine (C=N–C) groups is 1. The molecule has 1 amide bonds. The first-order chi connectivity index (χ1) is 18.5. The van der Waals surface area contributed by atoms with Crippen molar-refractivity contribution < 1.29 is 9.21 Å². The van der Waals surface area contributed by atoms with Crippen LogP contribution in [-0.2, 0) is 24.2 Å². The van der Waals surface area contributed by atoms with Gasteiger partial charge in [0.1, 0.15) is 16.8 Å². The maximum atomic E-state index is 13.6. The highest BCUT2D eigenvalue weighted by molar-refractivity contribution is 8.18. The van der Waals surface area contributed by atoms with E-state index in [1.54, 1.807) is 22.5 Å². The molecule has 2 aliphatic rings. The summed E-state index contributed by atoms with van der Waals surface area (Å²) in [4.78, 5) is 22.0. The second kappa shape index (κ2) is 10.2. The SMILES string of the molecule is Cc1cc(/C=C2\SC(=Nc3ccccc3)N(Cc3ccco3)C2=O)c(C)n1-c1sc2c(c1C#N)CCCC2. The van der Waals surface area contributed by atoms with Crippen molar-refractivity contribution in [3.05, 3.63) is 98.4 Å². The lowest BCUT2D eigenvalue weighted by molar-refractivity contribution is -0.122. The third kappa shape index (κ3) is 4.42. The molecule has 6 rings (SSSR count). The number of thioether (sulfide) groups is 1. The van der Waals surface area contributed by atoms with Gasteiger partial charge in [-0.2, -0.15) is 5.26 Å². The van der Waals surface area contributed by atoms with E-state index in [1.807, 2.05) is 48.5 Å². The van der Waals surface area contributed by atoms with E-state index in [0.717, 1.165) is 52.5 Å². The summed E-state index contributed by atoms with van der Waals surface area (Å²) in [5, 5.41) is 11.6. The Morgan fingerprint density at radius 2 is 1.95 bits per heavy atom. The summed E-state index contributed by atoms with van der Waals surface area (Å²) < 4.78 is 7.71. The van der Waals surface area contributed by atoms with E-state index in [2.05, 4.69) is 30.6 Å². The molecule has 4 aromatic rings. The van der Waals surface area contributed by atoms with Gasteiger partial charge in [-0.1, -0.05) is 18.2 Å². The lowest BCUT2D eigenvalue weighted by atomic mass is 9.96. The number of para-hydroxylation sites is 1. The van der Waals surface area contributed by atoms with E-state index in [4.69, 9.17) is 9.41 Å². The Labute approximate surface area is 229 Å². The fraction of sp³-hybridized carbons (Fsp3) is 0.233. The zero-order chi connectivity index (χ0) is 26.2. The number of hydrogen-bond acceptors (Lipinski definition) is 6. The molecule has 1 aliphatic heterocycles. The Morgan fingerprint density at radius 1 is 1.13 bits per heavy atom. The zero-order valence-corrected chi connectivity index (χ0v) is 22.9. The molecule has 38 heavy (non-hydrogen) atoms. The van der Waals surface area contributed by atoms with Crippen molar-refractivity contribution in [2.24, 2.45) is 4.99 Å². The summed E-state index contributed by atoms with van der Waals surface area (Å²) in [5.41, 5.74) is 5.85. The van der Waals surface area contributed by atoms with Crippen molar-refractivity contribution in [3.63, 3.8) is 0 Å². The van der Waals surface area contributed by atoms with Crippen LogP contribution in [0, 0.1) is 25.2 Å². The first-order valence-corrected chi connectivity index (χ1v) is 14.3. The fourth-order valence-electron chi connectivity index (χ4n) is 5.11. The van der Waals surface area contributed by atoms with Crippen molar-refractivity contribution in [1.29, 1.82) is 5.26 Å². The van der Waals surface area contributed by atoms with Gasteiger partial charge in [-0.05, 0) is 98.8 Å². The van der Waals surface area contributed by atoms with E-state index >= 15 is 0 Å². The monoisotopic (exact) mass is 538 g/mol. The number of aryl methyl sites for hydroxylation is 2. The number of amides is 1. The van der Waals surface area contributed by atoms with E-state index in [1.165, 1.54) is 28.6 Å². The van der Waals surface area contributed by atoms with Crippen LogP contribution in [0.15, 0.2) is 69.1 Å². The van der Waals surface area contributed by atoms with Crippen LogP contribution in [0.4, 0.5) is 5.69 Å². The quantitative estimate of drug-likeness (QED) is 0.250. The molecule has 0 N–H and O–H groups in total. The van der Waals surface area contributed by atoms with E-state index in [9.17, 15) is 10.1 Å². The number of hydrogen-bond donors (Lipinski definition) is 0. The van der Waals surface area contributed by atoms with Crippen LogP contribution in [0.3, 0.4) is 0 Å². The topological polar surface area (TPSA) is 74.5 Å². The number of carbonyl (C=O) groups excluding carboxylic acids is 1. The summed E-state index contributed by atoms with van der Waals surface area (Å²) in [6, 6.07) is 17.9. The van der Waals surface area contributed by atoms with Gasteiger partial charge in [0.15, 0.2) is 5.17 Å². The molecule has 0 bridgehead atoms. The highest BCUT2D eigenvalue weighted by atomic mass is 32.2. The third-order valence-corrected chi connectivity index (χ3v) is 9.27. The summed E-state index contributed by atoms with van der Waals surface area (Å²) in [6.07, 6.45) is 7.91. The van der Waals surface area contributed by atoms with Crippen LogP contribution >= 0.6 is 23.1 Å². The van der Waals surface area contributed by atoms with Gasteiger partial charge in [-0.15, -0.1) is 11.3 Å². The molecule has 0 unspecified atom stereocenters. The average Bonchev–Trinajstić information content (AvgIpc) is 3.68. The Bertz CT molecular complexity index is 1620. The number of rotatable bonds is 5. The van der Waals surface area contributed by atoms with Crippen molar-refractivity contribution in [1.82, 2.24) is 9.47 Å². The van der Waals surface area contributed by atoms with Gasteiger partial charge >= 0.3 is 0 Å². The van der Waals surface area contributed by atoms with Gasteiger partial charge in [0.2, 0.25) is 0 Å². The highest BCUT2D eigenvalue weighted by Crippen LogP contribution is 2.40.